The van der Waals surface area contributed by atoms with Crippen LogP contribution in [0.25, 0.3) is 11.0 Å². The van der Waals surface area contributed by atoms with Gasteiger partial charge in [0.15, 0.2) is 0 Å². The van der Waals surface area contributed by atoms with Gasteiger partial charge >= 0.3 is 6.09 Å². The SMILES string of the molecule is O=C(N[C@H]1CC[C@H](n2cc(C(=O)Nc3c(Cl)cncc3Cl)c(=O)c3cccnc32)CC1)OCc1ccccc1. The highest BCUT2D eigenvalue weighted by Crippen LogP contribution is 2.32. The minimum atomic E-state index is -0.633. The highest BCUT2D eigenvalue weighted by molar-refractivity contribution is 6.39. The number of benzene rings is 1. The molecule has 1 fully saturated rings. The molecule has 0 bridgehead atoms. The van der Waals surface area contributed by atoms with E-state index in [-0.39, 0.29) is 40.0 Å². The smallest absolute Gasteiger partial charge is 0.407 e. The van der Waals surface area contributed by atoms with Gasteiger partial charge in [-0.05, 0) is 43.4 Å². The van der Waals surface area contributed by atoms with E-state index in [1.165, 1.54) is 12.4 Å². The van der Waals surface area contributed by atoms with Gasteiger partial charge < -0.3 is 19.9 Å². The predicted octanol–water partition coefficient (Wildman–Crippen LogP) is 5.76. The monoisotopic (exact) mass is 565 g/mol. The van der Waals surface area contributed by atoms with Crippen LogP contribution in [0.2, 0.25) is 10.0 Å². The molecule has 4 aromatic rings. The summed E-state index contributed by atoms with van der Waals surface area (Å²) in [5.74, 6) is -0.633. The summed E-state index contributed by atoms with van der Waals surface area (Å²) in [7, 11) is 0. The first-order chi connectivity index (χ1) is 18.9. The van der Waals surface area contributed by atoms with Gasteiger partial charge in [0.25, 0.3) is 5.91 Å². The number of amides is 2. The van der Waals surface area contributed by atoms with Crippen LogP contribution in [0.4, 0.5) is 10.5 Å². The number of nitrogens with zero attached hydrogens (tertiary/aromatic N) is 3. The molecule has 3 heterocycles. The minimum Gasteiger partial charge on any atom is -0.445 e. The maximum atomic E-state index is 13.2. The van der Waals surface area contributed by atoms with Gasteiger partial charge in [0.05, 0.1) is 21.1 Å². The number of hydrogen-bond donors (Lipinski definition) is 2. The molecule has 1 saturated carbocycles. The normalized spacial score (nSPS) is 17.0. The van der Waals surface area contributed by atoms with E-state index in [0.29, 0.717) is 36.7 Å². The third kappa shape index (κ3) is 6.05. The molecular weight excluding hydrogens is 541 g/mol. The van der Waals surface area contributed by atoms with Crippen LogP contribution in [0.5, 0.6) is 0 Å². The van der Waals surface area contributed by atoms with Crippen LogP contribution in [0.15, 0.2) is 72.0 Å². The fraction of sp³-hybridized carbons (Fsp3) is 0.250. The Morgan fingerprint density at radius 3 is 2.44 bits per heavy atom. The molecule has 0 unspecified atom stereocenters. The van der Waals surface area contributed by atoms with Gasteiger partial charge in [-0.3, -0.25) is 14.6 Å². The van der Waals surface area contributed by atoms with Crippen LogP contribution in [0.3, 0.4) is 0 Å². The first-order valence-electron chi connectivity index (χ1n) is 12.5. The second-order valence-electron chi connectivity index (χ2n) is 9.30. The Morgan fingerprint density at radius 1 is 1.00 bits per heavy atom. The number of carbonyl (C=O) groups excluding carboxylic acids is 2. The molecule has 9 nitrogen and oxygen atoms in total. The maximum absolute atomic E-state index is 13.2. The van der Waals surface area contributed by atoms with Crippen LogP contribution in [-0.4, -0.2) is 32.6 Å². The van der Waals surface area contributed by atoms with E-state index in [1.807, 2.05) is 34.9 Å². The summed E-state index contributed by atoms with van der Waals surface area (Å²) in [6, 6.07) is 12.7. The van der Waals surface area contributed by atoms with Crippen molar-refractivity contribution in [2.75, 3.05) is 5.32 Å². The summed E-state index contributed by atoms with van der Waals surface area (Å²) in [6.45, 7) is 0.206. The first-order valence-corrected chi connectivity index (χ1v) is 13.2. The van der Waals surface area contributed by atoms with Crippen LogP contribution in [-0.2, 0) is 11.3 Å². The molecule has 5 rings (SSSR count). The van der Waals surface area contributed by atoms with Gasteiger partial charge in [0.1, 0.15) is 17.8 Å². The van der Waals surface area contributed by atoms with Gasteiger partial charge in [-0.15, -0.1) is 0 Å². The zero-order valence-corrected chi connectivity index (χ0v) is 22.3. The van der Waals surface area contributed by atoms with Gasteiger partial charge in [-0.2, -0.15) is 0 Å². The van der Waals surface area contributed by atoms with Crippen molar-refractivity contribution in [1.82, 2.24) is 19.9 Å². The van der Waals surface area contributed by atoms with E-state index in [4.69, 9.17) is 27.9 Å². The Balaban J connectivity index is 1.31. The minimum absolute atomic E-state index is 0.0268. The highest BCUT2D eigenvalue weighted by Gasteiger charge is 2.27. The van der Waals surface area contributed by atoms with Crippen LogP contribution in [0.1, 0.15) is 47.6 Å². The number of aromatic nitrogens is 3. The van der Waals surface area contributed by atoms with Crippen LogP contribution >= 0.6 is 23.2 Å². The van der Waals surface area contributed by atoms with Crippen molar-refractivity contribution < 1.29 is 14.3 Å². The number of ether oxygens (including phenoxy) is 1. The van der Waals surface area contributed by atoms with E-state index >= 15 is 0 Å². The molecule has 0 aliphatic heterocycles. The molecule has 2 amide bonds. The maximum Gasteiger partial charge on any atom is 0.407 e. The summed E-state index contributed by atoms with van der Waals surface area (Å²) in [5.41, 5.74) is 1.11. The number of fused-ring (bicyclic) bond motifs is 1. The Bertz CT molecular complexity index is 1550. The van der Waals surface area contributed by atoms with E-state index in [1.54, 1.807) is 24.5 Å². The van der Waals surface area contributed by atoms with Crippen molar-refractivity contribution in [3.8, 4) is 0 Å². The van der Waals surface area contributed by atoms with E-state index < -0.39 is 17.4 Å². The number of carbonyl (C=O) groups is 2. The number of nitrogens with one attached hydrogen (secondary N) is 2. The number of hydrogen-bond acceptors (Lipinski definition) is 6. The Morgan fingerprint density at radius 2 is 1.72 bits per heavy atom. The standard InChI is InChI=1S/C28H25Cl2N5O4/c29-22-13-31-14-23(30)24(22)34-27(37)21-15-35(26-20(25(21)36)7-4-12-32-26)19-10-8-18(9-11-19)33-28(38)39-16-17-5-2-1-3-6-17/h1-7,12-15,18-19H,8-11,16H2,(H,33,38)(H,31,34,37)/t18-,19-. The Hall–Kier alpha value is -3.95. The quantitative estimate of drug-likeness (QED) is 0.307. The molecule has 0 radical (unpaired) electrons. The summed E-state index contributed by atoms with van der Waals surface area (Å²) < 4.78 is 7.23. The second-order valence-corrected chi connectivity index (χ2v) is 10.1. The average molecular weight is 566 g/mol. The van der Waals surface area contributed by atoms with Gasteiger partial charge in [0.2, 0.25) is 5.43 Å². The molecule has 39 heavy (non-hydrogen) atoms. The van der Waals surface area contributed by atoms with Crippen molar-refractivity contribution in [2.24, 2.45) is 0 Å². The molecule has 1 aromatic carbocycles. The second kappa shape index (κ2) is 11.8. The van der Waals surface area contributed by atoms with Gasteiger partial charge in [-0.25, -0.2) is 9.78 Å². The largest absolute Gasteiger partial charge is 0.445 e. The van der Waals surface area contributed by atoms with Crippen molar-refractivity contribution in [3.05, 3.63) is 98.6 Å². The number of halogens is 2. The molecule has 11 heteroatoms. The van der Waals surface area contributed by atoms with Gasteiger partial charge in [-0.1, -0.05) is 53.5 Å². The molecule has 1 aliphatic carbocycles. The Labute approximate surface area is 234 Å². The highest BCUT2D eigenvalue weighted by atomic mass is 35.5. The molecular formula is C28H25Cl2N5O4. The van der Waals surface area contributed by atoms with Crippen LogP contribution in [0, 0.1) is 0 Å². The molecule has 0 spiro atoms. The van der Waals surface area contributed by atoms with Gasteiger partial charge in [0, 0.05) is 36.9 Å². The third-order valence-corrected chi connectivity index (χ3v) is 7.32. The summed E-state index contributed by atoms with van der Waals surface area (Å²) in [6.07, 6.45) is 8.25. The van der Waals surface area contributed by atoms with Crippen molar-refractivity contribution in [1.29, 1.82) is 0 Å². The topological polar surface area (TPSA) is 115 Å². The lowest BCUT2D eigenvalue weighted by atomic mass is 9.90. The number of rotatable bonds is 6. The number of pyridine rings is 3. The van der Waals surface area contributed by atoms with Crippen molar-refractivity contribution in [2.45, 2.75) is 44.4 Å². The fourth-order valence-corrected chi connectivity index (χ4v) is 5.22. The zero-order valence-electron chi connectivity index (χ0n) is 20.8. The van der Waals surface area contributed by atoms with E-state index in [0.717, 1.165) is 5.56 Å². The lowest BCUT2D eigenvalue weighted by molar-refractivity contribution is 0.102. The molecule has 0 saturated heterocycles. The van der Waals surface area contributed by atoms with Crippen molar-refractivity contribution in [3.63, 3.8) is 0 Å². The number of alkyl carbamates (subject to hydrolysis) is 1. The molecule has 0 atom stereocenters. The molecule has 200 valence electrons. The number of anilines is 1. The predicted molar refractivity (Wildman–Crippen MR) is 149 cm³/mol. The fourth-order valence-electron chi connectivity index (χ4n) is 4.77. The zero-order chi connectivity index (χ0) is 27.4. The Kier molecular flexibility index (Phi) is 8.09. The van der Waals surface area contributed by atoms with E-state index in [2.05, 4.69) is 20.6 Å². The summed E-state index contributed by atoms with van der Waals surface area (Å²) in [5, 5.41) is 6.24. The molecule has 3 aromatic heterocycles. The lowest BCUT2D eigenvalue weighted by Gasteiger charge is -2.31. The van der Waals surface area contributed by atoms with Crippen molar-refractivity contribution >= 4 is 51.9 Å². The van der Waals surface area contributed by atoms with Crippen LogP contribution < -0.4 is 16.1 Å². The third-order valence-electron chi connectivity index (χ3n) is 6.75. The first kappa shape index (κ1) is 26.6. The van der Waals surface area contributed by atoms with E-state index in [9.17, 15) is 14.4 Å². The molecule has 1 aliphatic rings. The lowest BCUT2D eigenvalue weighted by Crippen LogP contribution is -2.38. The average Bonchev–Trinajstić information content (AvgIpc) is 2.95. The molecule has 2 N–H and O–H groups in total. The summed E-state index contributed by atoms with van der Waals surface area (Å²) >= 11 is 12.3. The summed E-state index contributed by atoms with van der Waals surface area (Å²) in [4.78, 5) is 47.1.